The zero-order valence-electron chi connectivity index (χ0n) is 16.7. The molecule has 0 spiro atoms. The van der Waals surface area contributed by atoms with Gasteiger partial charge in [-0.1, -0.05) is 29.8 Å². The summed E-state index contributed by atoms with van der Waals surface area (Å²) >= 11 is 6.05. The molecule has 0 bridgehead atoms. The van der Waals surface area contributed by atoms with Crippen molar-refractivity contribution in [3.63, 3.8) is 0 Å². The lowest BCUT2D eigenvalue weighted by molar-refractivity contribution is -0.384. The second-order valence-electron chi connectivity index (χ2n) is 7.16. The third kappa shape index (κ3) is 3.61. The molecule has 0 aliphatic carbocycles. The number of carbonyl (C=O) groups excluding carboxylic acids is 2. The van der Waals surface area contributed by atoms with Crippen molar-refractivity contribution in [2.24, 2.45) is 0 Å². The number of nitro groups is 1. The quantitative estimate of drug-likeness (QED) is 0.205. The van der Waals surface area contributed by atoms with Crippen LogP contribution in [0.25, 0.3) is 5.76 Å². The molecule has 9 heteroatoms. The highest BCUT2D eigenvalue weighted by Gasteiger charge is 2.48. The van der Waals surface area contributed by atoms with Crippen molar-refractivity contribution in [3.8, 4) is 0 Å². The van der Waals surface area contributed by atoms with Gasteiger partial charge in [0.05, 0.1) is 16.2 Å². The molecule has 1 atom stereocenters. The molecule has 32 heavy (non-hydrogen) atoms. The predicted octanol–water partition coefficient (Wildman–Crippen LogP) is 4.58. The molecule has 2 aromatic carbocycles. The average molecular weight is 450 g/mol. The fraction of sp³-hybridized carbons (Fsp3) is 0.0870. The molecule has 1 amide bonds. The van der Waals surface area contributed by atoms with E-state index in [0.717, 1.165) is 6.07 Å². The molecule has 1 saturated heterocycles. The van der Waals surface area contributed by atoms with Crippen molar-refractivity contribution >= 4 is 40.4 Å². The Bertz CT molecular complexity index is 1290. The first-order chi connectivity index (χ1) is 15.3. The summed E-state index contributed by atoms with van der Waals surface area (Å²) in [4.78, 5) is 42.3. The van der Waals surface area contributed by atoms with Crippen LogP contribution < -0.4 is 4.90 Å². The summed E-state index contributed by atoms with van der Waals surface area (Å²) in [5.74, 6) is -2.28. The van der Waals surface area contributed by atoms with Gasteiger partial charge in [-0.15, -0.1) is 0 Å². The van der Waals surface area contributed by atoms with Gasteiger partial charge in [0, 0.05) is 34.6 Å². The summed E-state index contributed by atoms with van der Waals surface area (Å²) in [6, 6.07) is 14.1. The Hall–Kier alpha value is -4.04. The molecule has 1 unspecified atom stereocenters. The van der Waals surface area contributed by atoms with Crippen molar-refractivity contribution in [2.45, 2.75) is 13.0 Å². The summed E-state index contributed by atoms with van der Waals surface area (Å²) in [5.41, 5.74) is 1.02. The van der Waals surface area contributed by atoms with Crippen LogP contribution in [0.5, 0.6) is 0 Å². The molecule has 0 saturated carbocycles. The van der Waals surface area contributed by atoms with E-state index in [1.54, 1.807) is 43.3 Å². The molecule has 1 N–H and O–H groups in total. The van der Waals surface area contributed by atoms with Crippen molar-refractivity contribution in [3.05, 3.63) is 104 Å². The highest BCUT2D eigenvalue weighted by atomic mass is 35.5. The zero-order valence-corrected chi connectivity index (χ0v) is 17.5. The average Bonchev–Trinajstić information content (AvgIpc) is 3.04. The Morgan fingerprint density at radius 3 is 2.56 bits per heavy atom. The third-order valence-corrected chi connectivity index (χ3v) is 5.40. The van der Waals surface area contributed by atoms with Gasteiger partial charge in [-0.25, -0.2) is 0 Å². The van der Waals surface area contributed by atoms with E-state index in [0.29, 0.717) is 22.0 Å². The molecule has 8 nitrogen and oxygen atoms in total. The van der Waals surface area contributed by atoms with E-state index in [1.165, 1.54) is 29.3 Å². The lowest BCUT2D eigenvalue weighted by atomic mass is 9.97. The molecule has 0 radical (unpaired) electrons. The maximum absolute atomic E-state index is 13.1. The van der Waals surface area contributed by atoms with Gasteiger partial charge in [0.25, 0.3) is 17.4 Å². The van der Waals surface area contributed by atoms with E-state index in [4.69, 9.17) is 11.6 Å². The second kappa shape index (κ2) is 8.24. The summed E-state index contributed by atoms with van der Waals surface area (Å²) in [7, 11) is 0. The number of Topliss-reactive ketones (excluding diaryl/α,β-unsaturated/α-hetero) is 1. The molecule has 2 heterocycles. The number of aryl methyl sites for hydroxylation is 1. The fourth-order valence-electron chi connectivity index (χ4n) is 3.71. The van der Waals surface area contributed by atoms with Crippen molar-refractivity contribution in [1.29, 1.82) is 0 Å². The molecule has 1 aliphatic heterocycles. The van der Waals surface area contributed by atoms with Gasteiger partial charge in [-0.2, -0.15) is 0 Å². The van der Waals surface area contributed by atoms with Gasteiger partial charge in [0.1, 0.15) is 11.8 Å². The number of pyridine rings is 1. The maximum Gasteiger partial charge on any atom is 0.300 e. The maximum atomic E-state index is 13.1. The number of nitrogens with zero attached hydrogens (tertiary/aromatic N) is 3. The SMILES string of the molecule is Cc1cc(Cl)ccc1N1C(=O)C(=O)/C(=C(\O)c2cccc([N+](=O)[O-])c2)C1c1ccccn1. The summed E-state index contributed by atoms with van der Waals surface area (Å²) in [6.45, 7) is 1.75. The van der Waals surface area contributed by atoms with E-state index < -0.39 is 28.4 Å². The van der Waals surface area contributed by atoms with Crippen LogP contribution in [0.3, 0.4) is 0 Å². The summed E-state index contributed by atoms with van der Waals surface area (Å²) in [6.07, 6.45) is 1.51. The Labute approximate surface area is 187 Å². The number of benzene rings is 2. The Morgan fingerprint density at radius 2 is 1.91 bits per heavy atom. The Kier molecular flexibility index (Phi) is 5.46. The highest BCUT2D eigenvalue weighted by molar-refractivity contribution is 6.51. The summed E-state index contributed by atoms with van der Waals surface area (Å²) in [5, 5.41) is 22.7. The first kappa shape index (κ1) is 21.2. The third-order valence-electron chi connectivity index (χ3n) is 5.16. The number of hydrogen-bond acceptors (Lipinski definition) is 6. The van der Waals surface area contributed by atoms with Gasteiger partial charge >= 0.3 is 0 Å². The van der Waals surface area contributed by atoms with Crippen LogP contribution in [0.15, 0.2) is 72.4 Å². The number of anilines is 1. The molecule has 160 valence electrons. The monoisotopic (exact) mass is 449 g/mol. The number of hydrogen-bond donors (Lipinski definition) is 1. The number of aliphatic hydroxyl groups is 1. The van der Waals surface area contributed by atoms with Crippen molar-refractivity contribution < 1.29 is 19.6 Å². The number of aromatic nitrogens is 1. The molecule has 4 rings (SSSR count). The zero-order chi connectivity index (χ0) is 23.0. The number of ketones is 1. The number of nitro benzene ring substituents is 1. The topological polar surface area (TPSA) is 114 Å². The second-order valence-corrected chi connectivity index (χ2v) is 7.60. The minimum atomic E-state index is -1.03. The number of non-ortho nitro benzene ring substituents is 1. The van der Waals surface area contributed by atoms with Crippen LogP contribution in [-0.2, 0) is 9.59 Å². The lowest BCUT2D eigenvalue weighted by Gasteiger charge is -2.26. The van der Waals surface area contributed by atoms with E-state index in [2.05, 4.69) is 4.98 Å². The van der Waals surface area contributed by atoms with Crippen molar-refractivity contribution in [2.75, 3.05) is 4.90 Å². The molecule has 1 aliphatic rings. The number of rotatable bonds is 4. The van der Waals surface area contributed by atoms with Gasteiger partial charge < -0.3 is 5.11 Å². The molecular formula is C23H16ClN3O5. The molecular weight excluding hydrogens is 434 g/mol. The Balaban J connectivity index is 1.96. The number of halogens is 1. The van der Waals surface area contributed by atoms with E-state index in [9.17, 15) is 24.8 Å². The fourth-order valence-corrected chi connectivity index (χ4v) is 3.94. The largest absolute Gasteiger partial charge is 0.507 e. The molecule has 1 aromatic heterocycles. The van der Waals surface area contributed by atoms with Gasteiger partial charge in [-0.05, 0) is 42.8 Å². The van der Waals surface area contributed by atoms with Crippen LogP contribution >= 0.6 is 11.6 Å². The minimum absolute atomic E-state index is 0.0472. The minimum Gasteiger partial charge on any atom is -0.507 e. The van der Waals surface area contributed by atoms with Crippen LogP contribution in [0.4, 0.5) is 11.4 Å². The van der Waals surface area contributed by atoms with E-state index in [1.807, 2.05) is 0 Å². The van der Waals surface area contributed by atoms with Gasteiger partial charge in [0.2, 0.25) is 0 Å². The first-order valence-corrected chi connectivity index (χ1v) is 9.90. The molecule has 3 aromatic rings. The van der Waals surface area contributed by atoms with E-state index in [-0.39, 0.29) is 16.8 Å². The predicted molar refractivity (Wildman–Crippen MR) is 118 cm³/mol. The number of carbonyl (C=O) groups is 2. The van der Waals surface area contributed by atoms with Crippen molar-refractivity contribution in [1.82, 2.24) is 4.98 Å². The summed E-state index contributed by atoms with van der Waals surface area (Å²) < 4.78 is 0. The lowest BCUT2D eigenvalue weighted by Crippen LogP contribution is -2.30. The van der Waals surface area contributed by atoms with Crippen LogP contribution in [0.1, 0.15) is 22.9 Å². The van der Waals surface area contributed by atoms with Crippen LogP contribution in [0, 0.1) is 17.0 Å². The Morgan fingerprint density at radius 1 is 1.12 bits per heavy atom. The first-order valence-electron chi connectivity index (χ1n) is 9.52. The molecule has 1 fully saturated rings. The van der Waals surface area contributed by atoms with Crippen LogP contribution in [-0.4, -0.2) is 26.7 Å². The van der Waals surface area contributed by atoms with E-state index >= 15 is 0 Å². The van der Waals surface area contributed by atoms with Crippen LogP contribution in [0.2, 0.25) is 5.02 Å². The van der Waals surface area contributed by atoms with Gasteiger partial charge in [0.15, 0.2) is 0 Å². The normalized spacial score (nSPS) is 17.6. The number of amides is 1. The smallest absolute Gasteiger partial charge is 0.300 e. The number of aliphatic hydroxyl groups excluding tert-OH is 1. The van der Waals surface area contributed by atoms with Gasteiger partial charge in [-0.3, -0.25) is 29.6 Å². The highest BCUT2D eigenvalue weighted by Crippen LogP contribution is 2.43. The standard InChI is InChI=1S/C23H16ClN3O5/c1-13-11-15(24)8-9-18(13)26-20(17-7-2-3-10-25-17)19(22(29)23(26)30)21(28)14-5-4-6-16(12-14)27(31)32/h2-12,20,28H,1H3/b21-19-.